The van der Waals surface area contributed by atoms with E-state index in [4.69, 9.17) is 11.6 Å². The maximum Gasteiger partial charge on any atom is 0.0601 e. The number of hydrogen-bond acceptors (Lipinski definition) is 1. The van der Waals surface area contributed by atoms with Crippen molar-refractivity contribution in [2.75, 3.05) is 0 Å². The first-order valence-electron chi connectivity index (χ1n) is 3.81. The summed E-state index contributed by atoms with van der Waals surface area (Å²) in [5.41, 5.74) is 2.43. The Balaban J connectivity index is 2.74. The first-order valence-corrected chi connectivity index (χ1v) is 7.66. The summed E-state index contributed by atoms with van der Waals surface area (Å²) in [6, 6.07) is 8.30. The highest BCUT2D eigenvalue weighted by Gasteiger charge is 2.05. The highest BCUT2D eigenvalue weighted by Crippen LogP contribution is 2.28. The smallest absolute Gasteiger partial charge is 0.0601 e. The lowest BCUT2D eigenvalue weighted by Gasteiger charge is -1.95. The van der Waals surface area contributed by atoms with E-state index in [1.165, 1.54) is 16.5 Å². The van der Waals surface area contributed by atoms with E-state index in [0.717, 1.165) is 0 Å². The molecule has 0 saturated heterocycles. The van der Waals surface area contributed by atoms with Crippen LogP contribution in [0.25, 0.3) is 10.9 Å². The summed E-state index contributed by atoms with van der Waals surface area (Å²) in [6.45, 7) is 0. The summed E-state index contributed by atoms with van der Waals surface area (Å²) in [5.74, 6) is 0.574. The number of benzene rings is 1. The summed E-state index contributed by atoms with van der Waals surface area (Å²) >= 11 is 8.12. The van der Waals surface area contributed by atoms with E-state index in [-0.39, 0.29) is 0 Å². The van der Waals surface area contributed by atoms with Gasteiger partial charge in [-0.15, -0.1) is 11.6 Å². The van der Waals surface area contributed by atoms with Crippen molar-refractivity contribution in [3.05, 3.63) is 36.0 Å². The van der Waals surface area contributed by atoms with Crippen molar-refractivity contribution in [1.82, 2.24) is 3.97 Å². The van der Waals surface area contributed by atoms with E-state index in [0.29, 0.717) is 5.88 Å². The largest absolute Gasteiger partial charge is 0.282 e. The molecule has 13 heavy (non-hydrogen) atoms. The van der Waals surface area contributed by atoms with Gasteiger partial charge in [0.15, 0.2) is 0 Å². The molecule has 1 aromatic carbocycles. The molecule has 0 aliphatic carbocycles. The van der Waals surface area contributed by atoms with Gasteiger partial charge in [0.1, 0.15) is 0 Å². The molecule has 0 unspecified atom stereocenters. The van der Waals surface area contributed by atoms with Crippen molar-refractivity contribution in [2.45, 2.75) is 5.88 Å². The normalized spacial score (nSPS) is 10.9. The molecule has 1 heterocycles. The Morgan fingerprint density at radius 3 is 2.85 bits per heavy atom. The van der Waals surface area contributed by atoms with Crippen molar-refractivity contribution in [1.29, 1.82) is 0 Å². The minimum absolute atomic E-state index is 0.574. The summed E-state index contributed by atoms with van der Waals surface area (Å²) < 4.78 is 2.13. The molecular weight excluding hydrogens is 317 g/mol. The van der Waals surface area contributed by atoms with Crippen molar-refractivity contribution < 1.29 is 0 Å². The fourth-order valence-corrected chi connectivity index (χ4v) is 2.97. The number of aromatic nitrogens is 1. The number of para-hydroxylation sites is 1. The van der Waals surface area contributed by atoms with Crippen LogP contribution in [-0.2, 0) is 5.88 Å². The van der Waals surface area contributed by atoms with Gasteiger partial charge in [0.25, 0.3) is 0 Å². The highest BCUT2D eigenvalue weighted by molar-refractivity contribution is 14.2. The topological polar surface area (TPSA) is 4.93 Å². The van der Waals surface area contributed by atoms with E-state index in [1.54, 1.807) is 9.12 Å². The standard InChI is InChI=1S/C9H7ClINS/c10-5-7-6-12(13-11)9-4-2-1-3-8(7)9/h1-4,6H,5H2. The van der Waals surface area contributed by atoms with E-state index in [2.05, 4.69) is 43.5 Å². The molecule has 0 spiro atoms. The molecule has 4 heteroatoms. The zero-order valence-electron chi connectivity index (χ0n) is 6.71. The number of rotatable bonds is 2. The molecular formula is C9H7ClINS. The third-order valence-corrected chi connectivity index (χ3v) is 3.99. The fourth-order valence-electron chi connectivity index (χ4n) is 1.38. The van der Waals surface area contributed by atoms with E-state index in [1.807, 2.05) is 12.1 Å². The van der Waals surface area contributed by atoms with Gasteiger partial charge in [0, 0.05) is 47.8 Å². The molecule has 0 radical (unpaired) electrons. The average Bonchev–Trinajstić information content (AvgIpc) is 2.56. The second kappa shape index (κ2) is 4.11. The van der Waals surface area contributed by atoms with Crippen molar-refractivity contribution in [3.63, 3.8) is 0 Å². The van der Waals surface area contributed by atoms with Gasteiger partial charge in [0.05, 0.1) is 5.52 Å². The van der Waals surface area contributed by atoms with Crippen LogP contribution < -0.4 is 0 Å². The average molecular weight is 324 g/mol. The lowest BCUT2D eigenvalue weighted by molar-refractivity contribution is 1.32. The first kappa shape index (κ1) is 9.68. The van der Waals surface area contributed by atoms with Gasteiger partial charge in [-0.3, -0.25) is 3.97 Å². The summed E-state index contributed by atoms with van der Waals surface area (Å²) in [4.78, 5) is 0. The number of alkyl halides is 1. The molecule has 1 nitrogen and oxygen atoms in total. The molecule has 0 aliphatic rings. The van der Waals surface area contributed by atoms with Gasteiger partial charge >= 0.3 is 0 Å². The second-order valence-corrected chi connectivity index (χ2v) is 4.68. The van der Waals surface area contributed by atoms with Crippen LogP contribution in [0.4, 0.5) is 0 Å². The van der Waals surface area contributed by atoms with E-state index in [9.17, 15) is 0 Å². The summed E-state index contributed by atoms with van der Waals surface area (Å²) in [5, 5.41) is 1.25. The van der Waals surface area contributed by atoms with Gasteiger partial charge in [-0.2, -0.15) is 0 Å². The van der Waals surface area contributed by atoms with Crippen molar-refractivity contribution in [2.24, 2.45) is 0 Å². The molecule has 0 saturated carbocycles. The van der Waals surface area contributed by atoms with Crippen LogP contribution in [-0.4, -0.2) is 3.97 Å². The molecule has 0 N–H and O–H groups in total. The number of fused-ring (bicyclic) bond motifs is 1. The van der Waals surface area contributed by atoms with Crippen LogP contribution in [0.15, 0.2) is 30.5 Å². The van der Waals surface area contributed by atoms with Crippen LogP contribution in [0, 0.1) is 0 Å². The first-order chi connectivity index (χ1) is 6.36. The SMILES string of the molecule is ClCc1cn(SI)c2ccccc12. The fraction of sp³-hybridized carbons (Fsp3) is 0.111. The number of hydrogen-bond donors (Lipinski definition) is 0. The van der Waals surface area contributed by atoms with Crippen LogP contribution >= 0.6 is 41.9 Å². The monoisotopic (exact) mass is 323 g/mol. The predicted octanol–water partition coefficient (Wildman–Crippen LogP) is 4.23. The molecule has 0 aliphatic heterocycles. The van der Waals surface area contributed by atoms with Crippen LogP contribution in [0.5, 0.6) is 0 Å². The Morgan fingerprint density at radius 1 is 1.38 bits per heavy atom. The Bertz CT molecular complexity index is 388. The molecule has 2 aromatic rings. The number of halogens is 2. The molecule has 2 rings (SSSR count). The molecule has 68 valence electrons. The van der Waals surface area contributed by atoms with Crippen LogP contribution in [0.3, 0.4) is 0 Å². The maximum atomic E-state index is 5.85. The van der Waals surface area contributed by atoms with Crippen molar-refractivity contribution >= 4 is 52.8 Å². The van der Waals surface area contributed by atoms with Gasteiger partial charge < -0.3 is 0 Å². The van der Waals surface area contributed by atoms with E-state index < -0.39 is 0 Å². The lowest BCUT2D eigenvalue weighted by Crippen LogP contribution is -1.76. The van der Waals surface area contributed by atoms with Crippen LogP contribution in [0.2, 0.25) is 0 Å². The minimum Gasteiger partial charge on any atom is -0.282 e. The Kier molecular flexibility index (Phi) is 3.06. The van der Waals surface area contributed by atoms with Crippen LogP contribution in [0.1, 0.15) is 5.56 Å². The molecule has 0 amide bonds. The Hall–Kier alpha value is 0.130. The van der Waals surface area contributed by atoms with Gasteiger partial charge in [-0.05, 0) is 11.6 Å². The van der Waals surface area contributed by atoms with Crippen molar-refractivity contribution in [3.8, 4) is 0 Å². The minimum atomic E-state index is 0.574. The molecule has 0 atom stereocenters. The van der Waals surface area contributed by atoms with E-state index >= 15 is 0 Å². The highest BCUT2D eigenvalue weighted by atomic mass is 127. The second-order valence-electron chi connectivity index (χ2n) is 2.70. The molecule has 0 bridgehead atoms. The quantitative estimate of drug-likeness (QED) is 0.591. The zero-order valence-corrected chi connectivity index (χ0v) is 10.4. The van der Waals surface area contributed by atoms with Gasteiger partial charge in [-0.1, -0.05) is 18.2 Å². The lowest BCUT2D eigenvalue weighted by atomic mass is 10.2. The Labute approximate surface area is 98.2 Å². The zero-order chi connectivity index (χ0) is 9.26. The van der Waals surface area contributed by atoms with Gasteiger partial charge in [-0.25, -0.2) is 0 Å². The summed E-state index contributed by atoms with van der Waals surface area (Å²) in [6.07, 6.45) is 2.09. The third-order valence-electron chi connectivity index (χ3n) is 1.98. The molecule has 1 aromatic heterocycles. The third kappa shape index (κ3) is 1.69. The Morgan fingerprint density at radius 2 is 2.15 bits per heavy atom. The summed E-state index contributed by atoms with van der Waals surface area (Å²) in [7, 11) is 1.66. The van der Waals surface area contributed by atoms with Gasteiger partial charge in [0.2, 0.25) is 0 Å². The number of nitrogens with zero attached hydrogens (tertiary/aromatic N) is 1. The molecule has 0 fully saturated rings. The predicted molar refractivity (Wildman–Crippen MR) is 68.5 cm³/mol. The maximum absolute atomic E-state index is 5.85.